The summed E-state index contributed by atoms with van der Waals surface area (Å²) >= 11 is 0. The normalized spacial score (nSPS) is 13.1. The molecular weight excluding hydrogens is 198 g/mol. The topological polar surface area (TPSA) is 18.5 Å². The van der Waals surface area contributed by atoms with E-state index in [2.05, 4.69) is 49.0 Å². The van der Waals surface area contributed by atoms with Crippen molar-refractivity contribution in [2.75, 3.05) is 46.8 Å². The van der Waals surface area contributed by atoms with Gasteiger partial charge in [-0.3, -0.25) is 4.90 Å². The molecule has 0 amide bonds. The zero-order valence-electron chi connectivity index (χ0n) is 11.3. The first kappa shape index (κ1) is 15.4. The highest BCUT2D eigenvalue weighted by atomic mass is 15.2. The largest absolute Gasteiger partial charge is 0.309 e. The SMILES string of the molecule is C#CCNCC(C)N(CC)CCCN(C)C. The standard InChI is InChI=1S/C13H27N3/c1-6-9-14-12-13(3)16(7-2)11-8-10-15(4)5/h1,13-14H,7-12H2,2-5H3. The van der Waals surface area contributed by atoms with Crippen LogP contribution >= 0.6 is 0 Å². The molecule has 0 saturated heterocycles. The molecule has 1 atom stereocenters. The molecule has 3 heteroatoms. The van der Waals surface area contributed by atoms with Crippen LogP contribution in [0.15, 0.2) is 0 Å². The maximum Gasteiger partial charge on any atom is 0.0574 e. The molecule has 94 valence electrons. The summed E-state index contributed by atoms with van der Waals surface area (Å²) < 4.78 is 0. The Bertz CT molecular complexity index is 196. The van der Waals surface area contributed by atoms with E-state index in [-0.39, 0.29) is 0 Å². The first-order chi connectivity index (χ1) is 7.61. The van der Waals surface area contributed by atoms with Crippen molar-refractivity contribution in [3.05, 3.63) is 0 Å². The van der Waals surface area contributed by atoms with E-state index in [1.165, 1.54) is 6.42 Å². The van der Waals surface area contributed by atoms with Crippen molar-refractivity contribution in [2.24, 2.45) is 0 Å². The Morgan fingerprint density at radius 2 is 2.00 bits per heavy atom. The molecule has 1 unspecified atom stereocenters. The maximum atomic E-state index is 5.21. The number of rotatable bonds is 9. The Hall–Kier alpha value is -0.560. The van der Waals surface area contributed by atoms with Crippen LogP contribution in [0.5, 0.6) is 0 Å². The minimum absolute atomic E-state index is 0.556. The first-order valence-corrected chi connectivity index (χ1v) is 6.14. The zero-order chi connectivity index (χ0) is 12.4. The van der Waals surface area contributed by atoms with Crippen LogP contribution in [-0.2, 0) is 0 Å². The van der Waals surface area contributed by atoms with Crippen LogP contribution in [0.25, 0.3) is 0 Å². The fourth-order valence-corrected chi connectivity index (χ4v) is 1.76. The summed E-state index contributed by atoms with van der Waals surface area (Å²) in [7, 11) is 4.24. The van der Waals surface area contributed by atoms with Crippen molar-refractivity contribution in [1.82, 2.24) is 15.1 Å². The number of hydrogen-bond acceptors (Lipinski definition) is 3. The van der Waals surface area contributed by atoms with E-state index in [1.54, 1.807) is 0 Å². The molecule has 0 fully saturated rings. The number of nitrogens with zero attached hydrogens (tertiary/aromatic N) is 2. The van der Waals surface area contributed by atoms with Crippen LogP contribution in [0.1, 0.15) is 20.3 Å². The molecule has 0 aliphatic heterocycles. The average molecular weight is 225 g/mol. The summed E-state index contributed by atoms with van der Waals surface area (Å²) in [6.45, 7) is 9.52. The van der Waals surface area contributed by atoms with Crippen LogP contribution in [0.4, 0.5) is 0 Å². The highest BCUT2D eigenvalue weighted by Crippen LogP contribution is 1.99. The molecule has 0 bridgehead atoms. The maximum absolute atomic E-state index is 5.21. The Morgan fingerprint density at radius 3 is 2.50 bits per heavy atom. The molecule has 0 spiro atoms. The molecule has 0 rings (SSSR count). The second-order valence-electron chi connectivity index (χ2n) is 4.47. The van der Waals surface area contributed by atoms with Crippen LogP contribution < -0.4 is 5.32 Å². The minimum atomic E-state index is 0.556. The molecule has 0 aromatic carbocycles. The Kier molecular flexibility index (Phi) is 9.31. The minimum Gasteiger partial charge on any atom is -0.309 e. The zero-order valence-corrected chi connectivity index (χ0v) is 11.3. The van der Waals surface area contributed by atoms with Gasteiger partial charge >= 0.3 is 0 Å². The summed E-state index contributed by atoms with van der Waals surface area (Å²) in [5, 5.41) is 3.26. The molecule has 0 aliphatic carbocycles. The quantitative estimate of drug-likeness (QED) is 0.464. The van der Waals surface area contributed by atoms with Gasteiger partial charge < -0.3 is 10.2 Å². The van der Waals surface area contributed by atoms with Gasteiger partial charge in [-0.25, -0.2) is 0 Å². The first-order valence-electron chi connectivity index (χ1n) is 6.14. The summed E-state index contributed by atoms with van der Waals surface area (Å²) in [4.78, 5) is 4.72. The summed E-state index contributed by atoms with van der Waals surface area (Å²) in [6, 6.07) is 0.556. The van der Waals surface area contributed by atoms with Gasteiger partial charge in [-0.2, -0.15) is 0 Å². The van der Waals surface area contributed by atoms with Crippen molar-refractivity contribution in [2.45, 2.75) is 26.3 Å². The van der Waals surface area contributed by atoms with Gasteiger partial charge in [0.15, 0.2) is 0 Å². The predicted octanol–water partition coefficient (Wildman–Crippen LogP) is 0.871. The van der Waals surface area contributed by atoms with E-state index in [9.17, 15) is 0 Å². The molecular formula is C13H27N3. The smallest absolute Gasteiger partial charge is 0.0574 e. The van der Waals surface area contributed by atoms with E-state index in [0.717, 1.165) is 26.2 Å². The number of likely N-dealkylation sites (N-methyl/N-ethyl adjacent to an activating group) is 1. The molecule has 1 N–H and O–H groups in total. The van der Waals surface area contributed by atoms with E-state index >= 15 is 0 Å². The van der Waals surface area contributed by atoms with Gasteiger partial charge in [0.25, 0.3) is 0 Å². The van der Waals surface area contributed by atoms with Gasteiger partial charge in [0.05, 0.1) is 6.54 Å². The lowest BCUT2D eigenvalue weighted by molar-refractivity contribution is 0.205. The van der Waals surface area contributed by atoms with Gasteiger partial charge in [-0.05, 0) is 47.1 Å². The van der Waals surface area contributed by atoms with Gasteiger partial charge in [-0.15, -0.1) is 6.42 Å². The fraction of sp³-hybridized carbons (Fsp3) is 0.846. The molecule has 0 aromatic heterocycles. The summed E-state index contributed by atoms with van der Waals surface area (Å²) in [5.74, 6) is 2.60. The number of hydrogen-bond donors (Lipinski definition) is 1. The van der Waals surface area contributed by atoms with E-state index in [4.69, 9.17) is 6.42 Å². The van der Waals surface area contributed by atoms with Gasteiger partial charge in [0.2, 0.25) is 0 Å². The van der Waals surface area contributed by atoms with Crippen molar-refractivity contribution in [3.63, 3.8) is 0 Å². The highest BCUT2D eigenvalue weighted by Gasteiger charge is 2.10. The van der Waals surface area contributed by atoms with E-state index in [0.29, 0.717) is 12.6 Å². The molecule has 0 aromatic rings. The van der Waals surface area contributed by atoms with E-state index in [1.807, 2.05) is 0 Å². The summed E-state index contributed by atoms with van der Waals surface area (Å²) in [5.41, 5.74) is 0. The second-order valence-corrected chi connectivity index (χ2v) is 4.47. The van der Waals surface area contributed by atoms with Crippen molar-refractivity contribution in [3.8, 4) is 12.3 Å². The lowest BCUT2D eigenvalue weighted by Crippen LogP contribution is -2.41. The third-order valence-electron chi connectivity index (χ3n) is 2.75. The van der Waals surface area contributed by atoms with Gasteiger partial charge in [-0.1, -0.05) is 12.8 Å². The molecule has 0 saturated carbocycles. The van der Waals surface area contributed by atoms with Crippen LogP contribution in [0, 0.1) is 12.3 Å². The third-order valence-corrected chi connectivity index (χ3v) is 2.75. The second kappa shape index (κ2) is 9.65. The highest BCUT2D eigenvalue weighted by molar-refractivity contribution is 4.87. The molecule has 3 nitrogen and oxygen atoms in total. The van der Waals surface area contributed by atoms with Crippen LogP contribution in [0.2, 0.25) is 0 Å². The van der Waals surface area contributed by atoms with Crippen LogP contribution in [-0.4, -0.2) is 62.7 Å². The number of nitrogens with one attached hydrogen (secondary N) is 1. The molecule has 0 heterocycles. The monoisotopic (exact) mass is 225 g/mol. The lowest BCUT2D eigenvalue weighted by Gasteiger charge is -2.28. The van der Waals surface area contributed by atoms with E-state index < -0.39 is 0 Å². The Balaban J connectivity index is 3.74. The molecule has 0 aliphatic rings. The predicted molar refractivity (Wildman–Crippen MR) is 71.6 cm³/mol. The van der Waals surface area contributed by atoms with Gasteiger partial charge in [0.1, 0.15) is 0 Å². The molecule has 0 radical (unpaired) electrons. The van der Waals surface area contributed by atoms with Crippen LogP contribution in [0.3, 0.4) is 0 Å². The summed E-state index contributed by atoms with van der Waals surface area (Å²) in [6.07, 6.45) is 6.43. The fourth-order valence-electron chi connectivity index (χ4n) is 1.76. The number of terminal acetylenes is 1. The van der Waals surface area contributed by atoms with Crippen molar-refractivity contribution >= 4 is 0 Å². The van der Waals surface area contributed by atoms with Crippen molar-refractivity contribution in [1.29, 1.82) is 0 Å². The Morgan fingerprint density at radius 1 is 1.31 bits per heavy atom. The van der Waals surface area contributed by atoms with Gasteiger partial charge in [0, 0.05) is 12.6 Å². The Labute approximate surface area is 101 Å². The third kappa shape index (κ3) is 7.70. The van der Waals surface area contributed by atoms with Crippen molar-refractivity contribution < 1.29 is 0 Å². The average Bonchev–Trinajstić information content (AvgIpc) is 2.24. The molecule has 16 heavy (non-hydrogen) atoms. The lowest BCUT2D eigenvalue weighted by atomic mass is 10.2.